The number of halogens is 1. The zero-order valence-electron chi connectivity index (χ0n) is 23.9. The van der Waals surface area contributed by atoms with Gasteiger partial charge in [0, 0.05) is 5.56 Å². The highest BCUT2D eigenvalue weighted by Gasteiger charge is 2.27. The third-order valence-corrected chi connectivity index (χ3v) is 6.75. The number of nitrogen functional groups attached to an aromatic ring is 1. The largest absolute Gasteiger partial charge is 0.494 e. The summed E-state index contributed by atoms with van der Waals surface area (Å²) in [6.07, 6.45) is 6.02. The Morgan fingerprint density at radius 1 is 1.15 bits per heavy atom. The highest BCUT2D eigenvalue weighted by Crippen LogP contribution is 2.23. The zero-order chi connectivity index (χ0) is 29.4. The van der Waals surface area contributed by atoms with E-state index in [0.717, 1.165) is 25.7 Å². The third kappa shape index (κ3) is 8.61. The standard InChI is InChI=1S/C31H39FN4O5/c1-31(2,3)40-20-27(30(38)41-24-9-4-5-10-24)34-16-7-17-39-25-11-6-8-21(18-25)28(37)26-19-35-36(29(26)33)23-14-12-22(32)13-15-23/h6,8,11-15,18-19,24,27,34H,4-5,7,9-10,16-17,20,33H2,1-3H3/t27-/m0/s1. The molecule has 220 valence electrons. The van der Waals surface area contributed by atoms with Gasteiger partial charge in [-0.05, 0) is 95.8 Å². The maximum absolute atomic E-state index is 13.3. The van der Waals surface area contributed by atoms with Crippen LogP contribution in [0.2, 0.25) is 0 Å². The van der Waals surface area contributed by atoms with Gasteiger partial charge in [0.15, 0.2) is 5.78 Å². The van der Waals surface area contributed by atoms with E-state index in [2.05, 4.69) is 10.4 Å². The molecular formula is C31H39FN4O5. The Labute approximate surface area is 240 Å². The summed E-state index contributed by atoms with van der Waals surface area (Å²) in [6.45, 7) is 6.97. The first kappa shape index (κ1) is 30.2. The number of nitrogens with zero attached hydrogens (tertiary/aromatic N) is 2. The van der Waals surface area contributed by atoms with Crippen molar-refractivity contribution in [2.75, 3.05) is 25.5 Å². The van der Waals surface area contributed by atoms with Crippen LogP contribution in [0.3, 0.4) is 0 Å². The van der Waals surface area contributed by atoms with Crippen LogP contribution in [0, 0.1) is 5.82 Å². The predicted molar refractivity (Wildman–Crippen MR) is 154 cm³/mol. The number of ether oxygens (including phenoxy) is 3. The average molecular weight is 567 g/mol. The summed E-state index contributed by atoms with van der Waals surface area (Å²) < 4.78 is 32.1. The van der Waals surface area contributed by atoms with Crippen molar-refractivity contribution in [3.63, 3.8) is 0 Å². The summed E-state index contributed by atoms with van der Waals surface area (Å²) in [7, 11) is 0. The molecule has 1 aliphatic rings. The first-order chi connectivity index (χ1) is 19.6. The normalized spacial score (nSPS) is 14.6. The van der Waals surface area contributed by atoms with Crippen molar-refractivity contribution in [1.82, 2.24) is 15.1 Å². The summed E-state index contributed by atoms with van der Waals surface area (Å²) in [5.74, 6) is -0.260. The van der Waals surface area contributed by atoms with E-state index in [4.69, 9.17) is 19.9 Å². The maximum Gasteiger partial charge on any atom is 0.325 e. The number of carbonyl (C=O) groups excluding carboxylic acids is 2. The molecule has 1 heterocycles. The van der Waals surface area contributed by atoms with Gasteiger partial charge >= 0.3 is 5.97 Å². The minimum absolute atomic E-state index is 0.00707. The number of esters is 1. The van der Waals surface area contributed by atoms with Crippen molar-refractivity contribution in [2.45, 2.75) is 70.6 Å². The highest BCUT2D eigenvalue weighted by atomic mass is 19.1. The van der Waals surface area contributed by atoms with E-state index in [-0.39, 0.29) is 47.3 Å². The highest BCUT2D eigenvalue weighted by molar-refractivity contribution is 6.11. The zero-order valence-corrected chi connectivity index (χ0v) is 23.9. The molecule has 0 radical (unpaired) electrons. The van der Waals surface area contributed by atoms with Gasteiger partial charge in [0.05, 0.1) is 36.3 Å². The molecule has 1 atom stereocenters. The number of hydrogen-bond donors (Lipinski definition) is 2. The van der Waals surface area contributed by atoms with Crippen molar-refractivity contribution < 1.29 is 28.2 Å². The van der Waals surface area contributed by atoms with Crippen LogP contribution in [-0.4, -0.2) is 59.0 Å². The number of hydrogen-bond acceptors (Lipinski definition) is 8. The molecule has 0 unspecified atom stereocenters. The number of rotatable bonds is 13. The molecule has 1 fully saturated rings. The molecule has 1 aromatic heterocycles. The predicted octanol–water partition coefficient (Wildman–Crippen LogP) is 4.85. The van der Waals surface area contributed by atoms with Crippen LogP contribution in [0.1, 0.15) is 68.8 Å². The van der Waals surface area contributed by atoms with Crippen molar-refractivity contribution >= 4 is 17.6 Å². The van der Waals surface area contributed by atoms with Gasteiger partial charge in [-0.2, -0.15) is 5.10 Å². The molecular weight excluding hydrogens is 527 g/mol. The second-order valence-corrected chi connectivity index (χ2v) is 11.2. The first-order valence-electron chi connectivity index (χ1n) is 14.1. The fourth-order valence-electron chi connectivity index (χ4n) is 4.54. The molecule has 2 aromatic carbocycles. The number of anilines is 1. The molecule has 1 aliphatic carbocycles. The summed E-state index contributed by atoms with van der Waals surface area (Å²) in [6, 6.07) is 12.0. The monoisotopic (exact) mass is 566 g/mol. The molecule has 0 saturated heterocycles. The number of nitrogens with two attached hydrogens (primary N) is 1. The van der Waals surface area contributed by atoms with E-state index in [9.17, 15) is 14.0 Å². The van der Waals surface area contributed by atoms with Crippen LogP contribution in [0.4, 0.5) is 10.2 Å². The third-order valence-electron chi connectivity index (χ3n) is 6.75. The molecule has 4 rings (SSSR count). The van der Waals surface area contributed by atoms with Crippen LogP contribution in [0.25, 0.3) is 5.69 Å². The minimum atomic E-state index is -0.558. The van der Waals surface area contributed by atoms with Gasteiger partial charge in [0.2, 0.25) is 0 Å². The van der Waals surface area contributed by atoms with Gasteiger partial charge in [-0.25, -0.2) is 9.07 Å². The average Bonchev–Trinajstić information content (AvgIpc) is 3.59. The summed E-state index contributed by atoms with van der Waals surface area (Å²) in [5.41, 5.74) is 7.02. The Morgan fingerprint density at radius 3 is 2.59 bits per heavy atom. The first-order valence-corrected chi connectivity index (χ1v) is 14.1. The quantitative estimate of drug-likeness (QED) is 0.171. The fraction of sp³-hybridized carbons (Fsp3) is 0.452. The van der Waals surface area contributed by atoms with Crippen LogP contribution in [0.5, 0.6) is 5.75 Å². The van der Waals surface area contributed by atoms with E-state index in [1.807, 2.05) is 20.8 Å². The summed E-state index contributed by atoms with van der Waals surface area (Å²) in [5, 5.41) is 7.46. The molecule has 0 spiro atoms. The van der Waals surface area contributed by atoms with Crippen LogP contribution in [0.15, 0.2) is 54.7 Å². The second-order valence-electron chi connectivity index (χ2n) is 11.2. The molecule has 0 amide bonds. The van der Waals surface area contributed by atoms with Crippen LogP contribution >= 0.6 is 0 Å². The molecule has 41 heavy (non-hydrogen) atoms. The molecule has 3 N–H and O–H groups in total. The van der Waals surface area contributed by atoms with Gasteiger partial charge in [-0.1, -0.05) is 12.1 Å². The number of benzene rings is 2. The molecule has 0 aliphatic heterocycles. The van der Waals surface area contributed by atoms with Gasteiger partial charge in [0.1, 0.15) is 29.5 Å². The van der Waals surface area contributed by atoms with Gasteiger partial charge < -0.3 is 25.3 Å². The van der Waals surface area contributed by atoms with Crippen LogP contribution < -0.4 is 15.8 Å². The summed E-state index contributed by atoms with van der Waals surface area (Å²) >= 11 is 0. The topological polar surface area (TPSA) is 118 Å². The smallest absolute Gasteiger partial charge is 0.325 e. The lowest BCUT2D eigenvalue weighted by molar-refractivity contribution is -0.154. The molecule has 1 saturated carbocycles. The van der Waals surface area contributed by atoms with Crippen molar-refractivity contribution in [1.29, 1.82) is 0 Å². The lowest BCUT2D eigenvalue weighted by Crippen LogP contribution is -2.45. The number of aromatic nitrogens is 2. The van der Waals surface area contributed by atoms with Gasteiger partial charge in [-0.3, -0.25) is 9.59 Å². The number of ketones is 1. The fourth-order valence-corrected chi connectivity index (χ4v) is 4.54. The molecule has 3 aromatic rings. The SMILES string of the molecule is CC(C)(C)OC[C@H](NCCCOc1cccc(C(=O)c2cnn(-c3ccc(F)cc3)c2N)c1)C(=O)OC1CCCC1. The van der Waals surface area contributed by atoms with E-state index in [1.54, 1.807) is 24.3 Å². The van der Waals surface area contributed by atoms with E-state index in [0.29, 0.717) is 36.6 Å². The Bertz CT molecular complexity index is 1310. The Kier molecular flexibility index (Phi) is 10.1. The molecule has 9 nitrogen and oxygen atoms in total. The van der Waals surface area contributed by atoms with Crippen molar-refractivity contribution in [3.8, 4) is 11.4 Å². The van der Waals surface area contributed by atoms with E-state index in [1.165, 1.54) is 35.1 Å². The Balaban J connectivity index is 1.29. The van der Waals surface area contributed by atoms with Crippen molar-refractivity contribution in [3.05, 3.63) is 71.7 Å². The lowest BCUT2D eigenvalue weighted by atomic mass is 10.1. The van der Waals surface area contributed by atoms with Crippen molar-refractivity contribution in [2.24, 2.45) is 0 Å². The maximum atomic E-state index is 13.3. The Morgan fingerprint density at radius 2 is 1.88 bits per heavy atom. The number of nitrogens with one attached hydrogen (secondary N) is 1. The minimum Gasteiger partial charge on any atom is -0.494 e. The van der Waals surface area contributed by atoms with Crippen LogP contribution in [-0.2, 0) is 14.3 Å². The summed E-state index contributed by atoms with van der Waals surface area (Å²) in [4.78, 5) is 26.0. The van der Waals surface area contributed by atoms with E-state index >= 15 is 0 Å². The van der Waals surface area contributed by atoms with Gasteiger partial charge in [-0.15, -0.1) is 0 Å². The molecule has 10 heteroatoms. The lowest BCUT2D eigenvalue weighted by Gasteiger charge is -2.25. The van der Waals surface area contributed by atoms with E-state index < -0.39 is 6.04 Å². The Hall–Kier alpha value is -3.76. The second kappa shape index (κ2) is 13.7. The van der Waals surface area contributed by atoms with Gasteiger partial charge in [0.25, 0.3) is 0 Å². The molecule has 0 bridgehead atoms. The number of carbonyl (C=O) groups is 2.